The minimum atomic E-state index is -0.179. The Morgan fingerprint density at radius 2 is 2.16 bits per heavy atom. The Balaban J connectivity index is 1.75. The number of hydrogen-bond acceptors (Lipinski definition) is 4. The Morgan fingerprint density at radius 1 is 1.40 bits per heavy atom. The van der Waals surface area contributed by atoms with Gasteiger partial charge in [0.1, 0.15) is 0 Å². The molecular formula is C18H23BrN4O2. The second-order valence-corrected chi connectivity index (χ2v) is 7.09. The molecule has 0 aliphatic carbocycles. The van der Waals surface area contributed by atoms with Gasteiger partial charge in [-0.25, -0.2) is 0 Å². The first-order chi connectivity index (χ1) is 12.1. The van der Waals surface area contributed by atoms with Gasteiger partial charge in [-0.15, -0.1) is 0 Å². The van der Waals surface area contributed by atoms with Crippen LogP contribution in [0.25, 0.3) is 0 Å². The molecule has 0 saturated carbocycles. The second kappa shape index (κ2) is 8.12. The highest BCUT2D eigenvalue weighted by atomic mass is 79.9. The monoisotopic (exact) mass is 406 g/mol. The van der Waals surface area contributed by atoms with E-state index in [2.05, 4.69) is 67.5 Å². The molecule has 2 aromatic rings. The maximum atomic E-state index is 12.5. The number of hydrogen-bond donors (Lipinski definition) is 2. The van der Waals surface area contributed by atoms with Crippen LogP contribution in [-0.2, 0) is 4.74 Å². The predicted molar refractivity (Wildman–Crippen MR) is 99.7 cm³/mol. The number of nitrogens with zero attached hydrogens (tertiary/aromatic N) is 2. The fourth-order valence-electron chi connectivity index (χ4n) is 3.06. The maximum Gasteiger partial charge on any atom is 0.273 e. The summed E-state index contributed by atoms with van der Waals surface area (Å²) >= 11 is 3.41. The summed E-state index contributed by atoms with van der Waals surface area (Å²) in [6.45, 7) is 7.65. The van der Waals surface area contributed by atoms with Gasteiger partial charge >= 0.3 is 0 Å². The Hall–Kier alpha value is -1.70. The summed E-state index contributed by atoms with van der Waals surface area (Å²) in [5, 5.41) is 9.93. The minimum Gasteiger partial charge on any atom is -0.379 e. The predicted octanol–water partition coefficient (Wildman–Crippen LogP) is 2.59. The number of aromatic nitrogens is 2. The Labute approximate surface area is 156 Å². The lowest BCUT2D eigenvalue weighted by Crippen LogP contribution is -2.44. The van der Waals surface area contributed by atoms with E-state index >= 15 is 0 Å². The van der Waals surface area contributed by atoms with Crippen molar-refractivity contribution in [2.45, 2.75) is 19.9 Å². The third-order valence-electron chi connectivity index (χ3n) is 4.46. The molecule has 1 amide bonds. The average Bonchev–Trinajstić information content (AvgIpc) is 2.95. The summed E-state index contributed by atoms with van der Waals surface area (Å²) in [6, 6.07) is 8.57. The number of halogens is 1. The van der Waals surface area contributed by atoms with Crippen LogP contribution in [-0.4, -0.2) is 53.9 Å². The lowest BCUT2D eigenvalue weighted by atomic mass is 10.0. The molecule has 1 atom stereocenters. The number of carbonyl (C=O) groups is 1. The van der Waals surface area contributed by atoms with Gasteiger partial charge in [0.05, 0.1) is 23.7 Å². The summed E-state index contributed by atoms with van der Waals surface area (Å²) in [5.74, 6) is -0.179. The van der Waals surface area contributed by atoms with Crippen LogP contribution < -0.4 is 5.32 Å². The lowest BCUT2D eigenvalue weighted by molar-refractivity contribution is 0.0162. The molecule has 6 nitrogen and oxygen atoms in total. The van der Waals surface area contributed by atoms with Crippen molar-refractivity contribution in [1.82, 2.24) is 20.4 Å². The Morgan fingerprint density at radius 3 is 2.80 bits per heavy atom. The normalized spacial score (nSPS) is 16.6. The van der Waals surface area contributed by atoms with Crippen molar-refractivity contribution < 1.29 is 9.53 Å². The number of amides is 1. The Kier molecular flexibility index (Phi) is 5.88. The van der Waals surface area contributed by atoms with Crippen molar-refractivity contribution in [3.05, 3.63) is 51.3 Å². The van der Waals surface area contributed by atoms with Crippen LogP contribution in [0.2, 0.25) is 0 Å². The van der Waals surface area contributed by atoms with E-state index in [0.717, 1.165) is 32.0 Å². The molecule has 0 radical (unpaired) electrons. The second-order valence-electron chi connectivity index (χ2n) is 6.30. The largest absolute Gasteiger partial charge is 0.379 e. The number of aromatic amines is 1. The smallest absolute Gasteiger partial charge is 0.273 e. The van der Waals surface area contributed by atoms with Crippen LogP contribution in [0.5, 0.6) is 0 Å². The van der Waals surface area contributed by atoms with Crippen LogP contribution >= 0.6 is 15.9 Å². The summed E-state index contributed by atoms with van der Waals surface area (Å²) in [7, 11) is 0. The first kappa shape index (κ1) is 18.1. The number of morpholine rings is 1. The molecule has 1 fully saturated rings. The van der Waals surface area contributed by atoms with Crippen molar-refractivity contribution in [3.63, 3.8) is 0 Å². The molecular weight excluding hydrogens is 384 g/mol. The first-order valence-corrected chi connectivity index (χ1v) is 9.22. The van der Waals surface area contributed by atoms with Gasteiger partial charge in [0.15, 0.2) is 5.69 Å². The molecule has 1 aromatic heterocycles. The molecule has 2 heterocycles. The van der Waals surface area contributed by atoms with E-state index in [1.54, 1.807) is 0 Å². The van der Waals surface area contributed by atoms with Crippen molar-refractivity contribution >= 4 is 21.8 Å². The standard InChI is InChI=1S/C18H23BrN4O2/c1-12-4-3-5-14(10-12)15(23-6-8-25-9-7-23)11-20-18(24)17-16(19)13(2)21-22-17/h3-5,10,15H,6-9,11H2,1-2H3,(H,20,24)(H,21,22). The van der Waals surface area contributed by atoms with E-state index < -0.39 is 0 Å². The van der Waals surface area contributed by atoms with Gasteiger partial charge in [-0.2, -0.15) is 5.10 Å². The number of carbonyl (C=O) groups excluding carboxylic acids is 1. The molecule has 3 rings (SSSR count). The molecule has 2 N–H and O–H groups in total. The molecule has 1 aromatic carbocycles. The molecule has 1 aliphatic heterocycles. The van der Waals surface area contributed by atoms with Crippen molar-refractivity contribution in [1.29, 1.82) is 0 Å². The van der Waals surface area contributed by atoms with Crippen LogP contribution in [0.4, 0.5) is 0 Å². The SMILES string of the molecule is Cc1cccc(C(CNC(=O)c2n[nH]c(C)c2Br)N2CCOCC2)c1. The summed E-state index contributed by atoms with van der Waals surface area (Å²) in [4.78, 5) is 14.9. The van der Waals surface area contributed by atoms with Crippen LogP contribution in [0.3, 0.4) is 0 Å². The maximum absolute atomic E-state index is 12.5. The Bertz CT molecular complexity index is 740. The third-order valence-corrected chi connectivity index (χ3v) is 5.43. The van der Waals surface area contributed by atoms with E-state index in [1.165, 1.54) is 11.1 Å². The zero-order valence-corrected chi connectivity index (χ0v) is 16.1. The van der Waals surface area contributed by atoms with Gasteiger partial charge in [0, 0.05) is 25.3 Å². The molecule has 134 valence electrons. The van der Waals surface area contributed by atoms with Crippen LogP contribution in [0.1, 0.15) is 33.4 Å². The minimum absolute atomic E-state index is 0.117. The van der Waals surface area contributed by atoms with Crippen molar-refractivity contribution in [2.75, 3.05) is 32.8 Å². The highest BCUT2D eigenvalue weighted by molar-refractivity contribution is 9.10. The van der Waals surface area contributed by atoms with Crippen LogP contribution in [0.15, 0.2) is 28.7 Å². The topological polar surface area (TPSA) is 70.2 Å². The molecule has 1 aliphatic rings. The average molecular weight is 407 g/mol. The van der Waals surface area contributed by atoms with Gasteiger partial charge in [0.2, 0.25) is 0 Å². The summed E-state index contributed by atoms with van der Waals surface area (Å²) in [5.41, 5.74) is 3.66. The molecule has 1 unspecified atom stereocenters. The number of benzene rings is 1. The number of nitrogens with one attached hydrogen (secondary N) is 2. The number of H-pyrrole nitrogens is 1. The number of aryl methyl sites for hydroxylation is 2. The van der Waals surface area contributed by atoms with Crippen molar-refractivity contribution in [3.8, 4) is 0 Å². The van der Waals surface area contributed by atoms with E-state index in [9.17, 15) is 4.79 Å². The first-order valence-electron chi connectivity index (χ1n) is 8.43. The lowest BCUT2D eigenvalue weighted by Gasteiger charge is -2.35. The summed E-state index contributed by atoms with van der Waals surface area (Å²) in [6.07, 6.45) is 0. The van der Waals surface area contributed by atoms with Gasteiger partial charge in [-0.1, -0.05) is 29.8 Å². The van der Waals surface area contributed by atoms with E-state index in [0.29, 0.717) is 16.7 Å². The molecule has 1 saturated heterocycles. The zero-order chi connectivity index (χ0) is 17.8. The van der Waals surface area contributed by atoms with Gasteiger partial charge < -0.3 is 10.1 Å². The quantitative estimate of drug-likeness (QED) is 0.800. The molecule has 0 spiro atoms. The third kappa shape index (κ3) is 4.29. The van der Waals surface area contributed by atoms with Crippen LogP contribution in [0, 0.1) is 13.8 Å². The summed E-state index contributed by atoms with van der Waals surface area (Å²) < 4.78 is 6.19. The highest BCUT2D eigenvalue weighted by Crippen LogP contribution is 2.23. The fraction of sp³-hybridized carbons (Fsp3) is 0.444. The van der Waals surface area contributed by atoms with E-state index in [1.807, 2.05) is 6.92 Å². The van der Waals surface area contributed by atoms with Crippen molar-refractivity contribution in [2.24, 2.45) is 0 Å². The van der Waals surface area contributed by atoms with Gasteiger partial charge in [-0.05, 0) is 35.3 Å². The highest BCUT2D eigenvalue weighted by Gasteiger charge is 2.24. The van der Waals surface area contributed by atoms with E-state index in [-0.39, 0.29) is 11.9 Å². The van der Waals surface area contributed by atoms with Gasteiger partial charge in [-0.3, -0.25) is 14.8 Å². The molecule has 7 heteroatoms. The van der Waals surface area contributed by atoms with E-state index in [4.69, 9.17) is 4.74 Å². The molecule has 0 bridgehead atoms. The fourth-order valence-corrected chi connectivity index (χ4v) is 3.42. The number of rotatable bonds is 5. The number of ether oxygens (including phenoxy) is 1. The zero-order valence-electron chi connectivity index (χ0n) is 14.5. The molecule has 25 heavy (non-hydrogen) atoms. The van der Waals surface area contributed by atoms with Gasteiger partial charge in [0.25, 0.3) is 5.91 Å².